The van der Waals surface area contributed by atoms with E-state index < -0.39 is 9.84 Å². The lowest BCUT2D eigenvalue weighted by Gasteiger charge is -2.61. The Balaban J connectivity index is 1.84. The molecular formula is C17H23NO3S. The maximum Gasteiger partial charge on any atom is 0.224 e. The third-order valence-corrected chi connectivity index (χ3v) is 6.13. The summed E-state index contributed by atoms with van der Waals surface area (Å²) in [4.78, 5) is 14.5. The SMILES string of the molecule is CS(=O)(=O)CCC(=O)N1C[C@@H]2CCCC[C@@]21c1ccccc1. The van der Waals surface area contributed by atoms with Gasteiger partial charge in [-0.3, -0.25) is 4.79 Å². The lowest BCUT2D eigenvalue weighted by Crippen LogP contribution is -2.67. The molecule has 1 amide bonds. The molecule has 2 aliphatic rings. The van der Waals surface area contributed by atoms with Crippen LogP contribution in [0.3, 0.4) is 0 Å². The number of carbonyl (C=O) groups is 1. The van der Waals surface area contributed by atoms with Crippen LogP contribution < -0.4 is 0 Å². The lowest BCUT2D eigenvalue weighted by atomic mass is 9.61. The second-order valence-electron chi connectivity index (χ2n) is 6.62. The zero-order chi connectivity index (χ0) is 15.8. The van der Waals surface area contributed by atoms with Crippen molar-refractivity contribution in [2.75, 3.05) is 18.6 Å². The number of rotatable bonds is 4. The number of sulfone groups is 1. The second-order valence-corrected chi connectivity index (χ2v) is 8.88. The summed E-state index contributed by atoms with van der Waals surface area (Å²) in [5.41, 5.74) is 1.02. The molecule has 5 heteroatoms. The van der Waals surface area contributed by atoms with E-state index >= 15 is 0 Å². The fourth-order valence-corrected chi connectivity index (χ4v) is 4.64. The standard InChI is InChI=1S/C17H23NO3S/c1-22(20,21)12-10-16(19)18-13-15-9-5-6-11-17(15,18)14-7-3-2-4-8-14/h2-4,7-8,15H,5-6,9-13H2,1H3/t15-,17+/m0/s1. The van der Waals surface area contributed by atoms with Gasteiger partial charge in [-0.1, -0.05) is 43.2 Å². The van der Waals surface area contributed by atoms with Gasteiger partial charge in [0.15, 0.2) is 0 Å². The number of nitrogens with zero attached hydrogens (tertiary/aromatic N) is 1. The maximum atomic E-state index is 12.6. The van der Waals surface area contributed by atoms with Crippen LogP contribution in [-0.2, 0) is 20.2 Å². The molecule has 1 aliphatic carbocycles. The zero-order valence-corrected chi connectivity index (χ0v) is 13.8. The summed E-state index contributed by atoms with van der Waals surface area (Å²) in [5.74, 6) is 0.441. The molecule has 4 nitrogen and oxygen atoms in total. The first-order chi connectivity index (χ1) is 10.4. The Morgan fingerprint density at radius 3 is 2.64 bits per heavy atom. The quantitative estimate of drug-likeness (QED) is 0.855. The highest BCUT2D eigenvalue weighted by molar-refractivity contribution is 7.90. The van der Waals surface area contributed by atoms with Crippen molar-refractivity contribution < 1.29 is 13.2 Å². The fourth-order valence-electron chi connectivity index (χ4n) is 4.09. The van der Waals surface area contributed by atoms with Crippen LogP contribution >= 0.6 is 0 Å². The first-order valence-electron chi connectivity index (χ1n) is 7.97. The smallest absolute Gasteiger partial charge is 0.224 e. The summed E-state index contributed by atoms with van der Waals surface area (Å²) < 4.78 is 22.7. The molecule has 22 heavy (non-hydrogen) atoms. The summed E-state index contributed by atoms with van der Waals surface area (Å²) in [6, 6.07) is 10.2. The Morgan fingerprint density at radius 2 is 2.00 bits per heavy atom. The van der Waals surface area contributed by atoms with Crippen molar-refractivity contribution in [3.63, 3.8) is 0 Å². The molecule has 2 atom stereocenters. The first-order valence-corrected chi connectivity index (χ1v) is 10.0. The Labute approximate surface area is 132 Å². The minimum Gasteiger partial charge on any atom is -0.332 e. The van der Waals surface area contributed by atoms with Gasteiger partial charge in [0.05, 0.1) is 11.3 Å². The number of amides is 1. The van der Waals surface area contributed by atoms with Crippen molar-refractivity contribution >= 4 is 15.7 Å². The van der Waals surface area contributed by atoms with E-state index in [4.69, 9.17) is 0 Å². The topological polar surface area (TPSA) is 54.5 Å². The summed E-state index contributed by atoms with van der Waals surface area (Å²) in [6.07, 6.45) is 5.79. The van der Waals surface area contributed by atoms with Gasteiger partial charge in [-0.15, -0.1) is 0 Å². The number of hydrogen-bond acceptors (Lipinski definition) is 3. The number of fused-ring (bicyclic) bond motifs is 1. The highest BCUT2D eigenvalue weighted by Gasteiger charge is 2.56. The van der Waals surface area contributed by atoms with Gasteiger partial charge >= 0.3 is 0 Å². The predicted molar refractivity (Wildman–Crippen MR) is 86.1 cm³/mol. The van der Waals surface area contributed by atoms with Crippen molar-refractivity contribution in [1.82, 2.24) is 4.90 Å². The van der Waals surface area contributed by atoms with E-state index in [2.05, 4.69) is 12.1 Å². The average molecular weight is 321 g/mol. The Bertz CT molecular complexity index is 656. The van der Waals surface area contributed by atoms with Crippen molar-refractivity contribution in [1.29, 1.82) is 0 Å². The van der Waals surface area contributed by atoms with Crippen LogP contribution in [0.2, 0.25) is 0 Å². The minimum absolute atomic E-state index is 0.0209. The molecule has 1 saturated carbocycles. The van der Waals surface area contributed by atoms with Gasteiger partial charge in [0, 0.05) is 25.1 Å². The third-order valence-electron chi connectivity index (χ3n) is 5.18. The Hall–Kier alpha value is -1.36. The van der Waals surface area contributed by atoms with Gasteiger partial charge in [0.1, 0.15) is 9.84 Å². The highest BCUT2D eigenvalue weighted by Crippen LogP contribution is 2.53. The van der Waals surface area contributed by atoms with E-state index in [-0.39, 0.29) is 23.6 Å². The van der Waals surface area contributed by atoms with Crippen molar-refractivity contribution in [2.45, 2.75) is 37.6 Å². The van der Waals surface area contributed by atoms with Gasteiger partial charge in [-0.05, 0) is 18.4 Å². The van der Waals surface area contributed by atoms with Gasteiger partial charge in [0.25, 0.3) is 0 Å². The van der Waals surface area contributed by atoms with Crippen LogP contribution in [0.4, 0.5) is 0 Å². The molecule has 1 heterocycles. The van der Waals surface area contributed by atoms with Crippen LogP contribution in [0, 0.1) is 5.92 Å². The van der Waals surface area contributed by atoms with E-state index in [0.717, 1.165) is 25.8 Å². The molecule has 0 N–H and O–H groups in total. The molecule has 1 aliphatic heterocycles. The Kier molecular flexibility index (Phi) is 4.02. The van der Waals surface area contributed by atoms with Crippen LogP contribution in [0.5, 0.6) is 0 Å². The molecule has 3 rings (SSSR count). The van der Waals surface area contributed by atoms with E-state index in [1.807, 2.05) is 23.1 Å². The van der Waals surface area contributed by atoms with Crippen LogP contribution in [0.25, 0.3) is 0 Å². The lowest BCUT2D eigenvalue weighted by molar-refractivity contribution is -0.166. The zero-order valence-electron chi connectivity index (χ0n) is 13.0. The highest BCUT2D eigenvalue weighted by atomic mass is 32.2. The summed E-state index contributed by atoms with van der Waals surface area (Å²) in [6.45, 7) is 0.775. The number of carbonyl (C=O) groups excluding carboxylic acids is 1. The molecule has 0 radical (unpaired) electrons. The van der Waals surface area contributed by atoms with Gasteiger partial charge < -0.3 is 4.90 Å². The Morgan fingerprint density at radius 1 is 1.27 bits per heavy atom. The van der Waals surface area contributed by atoms with Gasteiger partial charge in [-0.25, -0.2) is 8.42 Å². The van der Waals surface area contributed by atoms with E-state index in [0.29, 0.717) is 5.92 Å². The fraction of sp³-hybridized carbons (Fsp3) is 0.588. The molecule has 2 fully saturated rings. The molecule has 0 spiro atoms. The monoisotopic (exact) mass is 321 g/mol. The molecule has 120 valence electrons. The summed E-state index contributed by atoms with van der Waals surface area (Å²) in [7, 11) is -3.10. The summed E-state index contributed by atoms with van der Waals surface area (Å²) in [5, 5.41) is 0. The van der Waals surface area contributed by atoms with E-state index in [1.54, 1.807) is 0 Å². The largest absolute Gasteiger partial charge is 0.332 e. The van der Waals surface area contributed by atoms with Gasteiger partial charge in [0.2, 0.25) is 5.91 Å². The van der Waals surface area contributed by atoms with Crippen molar-refractivity contribution in [2.24, 2.45) is 5.92 Å². The molecule has 1 aromatic carbocycles. The molecule has 0 bridgehead atoms. The first kappa shape index (κ1) is 15.5. The number of likely N-dealkylation sites (tertiary alicyclic amines) is 1. The van der Waals surface area contributed by atoms with E-state index in [1.165, 1.54) is 18.2 Å². The normalized spacial score (nSPS) is 27.9. The molecular weight excluding hydrogens is 298 g/mol. The maximum absolute atomic E-state index is 12.6. The van der Waals surface area contributed by atoms with Gasteiger partial charge in [-0.2, -0.15) is 0 Å². The molecule has 1 saturated heterocycles. The molecule has 1 aromatic rings. The summed E-state index contributed by atoms with van der Waals surface area (Å²) >= 11 is 0. The van der Waals surface area contributed by atoms with E-state index in [9.17, 15) is 13.2 Å². The minimum atomic E-state index is -3.10. The molecule has 0 unspecified atom stereocenters. The number of hydrogen-bond donors (Lipinski definition) is 0. The van der Waals surface area contributed by atoms with Crippen molar-refractivity contribution in [3.8, 4) is 0 Å². The van der Waals surface area contributed by atoms with Crippen LogP contribution in [0.15, 0.2) is 30.3 Å². The van der Waals surface area contributed by atoms with Crippen molar-refractivity contribution in [3.05, 3.63) is 35.9 Å². The number of benzene rings is 1. The second kappa shape index (κ2) is 5.69. The molecule has 0 aromatic heterocycles. The van der Waals surface area contributed by atoms with Crippen LogP contribution in [-0.4, -0.2) is 37.8 Å². The third kappa shape index (κ3) is 2.67. The average Bonchev–Trinajstić information content (AvgIpc) is 2.47. The predicted octanol–water partition coefficient (Wildman–Crippen LogP) is 2.35. The van der Waals surface area contributed by atoms with Crippen LogP contribution in [0.1, 0.15) is 37.7 Å².